The number of carbonyl (C=O) groups excluding carboxylic acids is 1. The molecule has 0 heterocycles. The number of aryl methyl sites for hydroxylation is 1. The Labute approximate surface area is 159 Å². The molecule has 0 saturated heterocycles. The van der Waals surface area contributed by atoms with Crippen molar-refractivity contribution < 1.29 is 22.1 Å². The summed E-state index contributed by atoms with van der Waals surface area (Å²) in [6.07, 6.45) is 0. The standard InChI is InChI=1S/C11H16O3S.C9H18O2/c1-9-5-7-10(8-6-9)15(12,13)14-11(2,3)4;1-8(2,3)7(10)11-9(4,5)6/h5-8H,1-4H3;1-6H3. The molecule has 0 amide bonds. The second-order valence-electron chi connectivity index (χ2n) is 9.21. The molecule has 0 fully saturated rings. The Bertz CT molecular complexity index is 682. The molecule has 0 atom stereocenters. The van der Waals surface area contributed by atoms with Crippen LogP contribution in [0.15, 0.2) is 29.2 Å². The fourth-order valence-corrected chi connectivity index (χ4v) is 2.74. The first-order valence-electron chi connectivity index (χ1n) is 8.59. The summed E-state index contributed by atoms with van der Waals surface area (Å²) >= 11 is 0. The Kier molecular flexibility index (Phi) is 8.07. The third-order valence-electron chi connectivity index (χ3n) is 2.68. The van der Waals surface area contributed by atoms with Gasteiger partial charge in [-0.2, -0.15) is 8.42 Å². The maximum Gasteiger partial charge on any atom is 0.311 e. The molecule has 0 aliphatic carbocycles. The van der Waals surface area contributed by atoms with Gasteiger partial charge in [0, 0.05) is 0 Å². The second-order valence-corrected chi connectivity index (χ2v) is 10.8. The van der Waals surface area contributed by atoms with Gasteiger partial charge in [-0.3, -0.25) is 8.98 Å². The molecule has 6 heteroatoms. The van der Waals surface area contributed by atoms with Crippen molar-refractivity contribution in [3.05, 3.63) is 29.8 Å². The Balaban J connectivity index is 0.000000508. The van der Waals surface area contributed by atoms with Crippen LogP contribution < -0.4 is 0 Å². The highest BCUT2D eigenvalue weighted by Gasteiger charge is 2.27. The summed E-state index contributed by atoms with van der Waals surface area (Å²) in [4.78, 5) is 11.5. The van der Waals surface area contributed by atoms with Crippen molar-refractivity contribution in [2.45, 2.75) is 85.3 Å². The lowest BCUT2D eigenvalue weighted by atomic mass is 9.97. The molecule has 0 radical (unpaired) electrons. The fraction of sp³-hybridized carbons (Fsp3) is 0.650. The first-order chi connectivity index (χ1) is 11.3. The molecule has 26 heavy (non-hydrogen) atoms. The summed E-state index contributed by atoms with van der Waals surface area (Å²) < 4.78 is 33.7. The molecule has 0 spiro atoms. The number of hydrogen-bond acceptors (Lipinski definition) is 5. The predicted molar refractivity (Wildman–Crippen MR) is 105 cm³/mol. The minimum absolute atomic E-state index is 0.148. The van der Waals surface area contributed by atoms with E-state index in [1.54, 1.807) is 45.0 Å². The second kappa shape index (κ2) is 8.53. The summed E-state index contributed by atoms with van der Waals surface area (Å²) in [5, 5.41) is 0. The highest BCUT2D eigenvalue weighted by atomic mass is 32.2. The number of esters is 1. The van der Waals surface area contributed by atoms with Crippen LogP contribution in [0.2, 0.25) is 0 Å². The van der Waals surface area contributed by atoms with Crippen LogP contribution in [0.1, 0.15) is 67.9 Å². The fourth-order valence-electron chi connectivity index (χ4n) is 1.51. The van der Waals surface area contributed by atoms with E-state index in [-0.39, 0.29) is 16.5 Å². The molecule has 0 bridgehead atoms. The van der Waals surface area contributed by atoms with E-state index in [0.717, 1.165) is 5.56 Å². The van der Waals surface area contributed by atoms with E-state index in [1.165, 1.54) is 0 Å². The van der Waals surface area contributed by atoms with Gasteiger partial charge in [0.25, 0.3) is 10.1 Å². The average Bonchev–Trinajstić information content (AvgIpc) is 2.33. The van der Waals surface area contributed by atoms with Crippen molar-refractivity contribution in [2.24, 2.45) is 5.41 Å². The number of rotatable bonds is 2. The van der Waals surface area contributed by atoms with Gasteiger partial charge in [0.2, 0.25) is 0 Å². The predicted octanol–water partition coefficient (Wildman–Crippen LogP) is 4.87. The van der Waals surface area contributed by atoms with E-state index in [4.69, 9.17) is 8.92 Å². The number of benzene rings is 1. The lowest BCUT2D eigenvalue weighted by molar-refractivity contribution is -0.164. The lowest BCUT2D eigenvalue weighted by Gasteiger charge is -2.25. The molecule has 0 unspecified atom stereocenters. The van der Waals surface area contributed by atoms with Crippen molar-refractivity contribution in [3.8, 4) is 0 Å². The Morgan fingerprint density at radius 2 is 1.23 bits per heavy atom. The van der Waals surface area contributed by atoms with Crippen LogP contribution in [0.5, 0.6) is 0 Å². The topological polar surface area (TPSA) is 69.7 Å². The first-order valence-corrected chi connectivity index (χ1v) is 10.0. The Hall–Kier alpha value is -1.40. The van der Waals surface area contributed by atoms with Crippen molar-refractivity contribution in [2.75, 3.05) is 0 Å². The van der Waals surface area contributed by atoms with Gasteiger partial charge in [-0.05, 0) is 81.4 Å². The lowest BCUT2D eigenvalue weighted by Crippen LogP contribution is -2.31. The van der Waals surface area contributed by atoms with Gasteiger partial charge in [-0.1, -0.05) is 17.7 Å². The zero-order valence-electron chi connectivity index (χ0n) is 17.8. The molecule has 1 aromatic rings. The van der Waals surface area contributed by atoms with Gasteiger partial charge in [0.1, 0.15) is 5.60 Å². The zero-order valence-corrected chi connectivity index (χ0v) is 18.6. The molecule has 5 nitrogen and oxygen atoms in total. The summed E-state index contributed by atoms with van der Waals surface area (Å²) in [5.41, 5.74) is -0.453. The molecular weight excluding hydrogens is 352 g/mol. The Morgan fingerprint density at radius 3 is 1.50 bits per heavy atom. The van der Waals surface area contributed by atoms with E-state index in [1.807, 2.05) is 48.5 Å². The number of hydrogen-bond donors (Lipinski definition) is 0. The monoisotopic (exact) mass is 386 g/mol. The van der Waals surface area contributed by atoms with Crippen LogP contribution in [-0.4, -0.2) is 25.6 Å². The van der Waals surface area contributed by atoms with E-state index in [0.29, 0.717) is 0 Å². The SMILES string of the molecule is CC(C)(C)OC(=O)C(C)(C)C.Cc1ccc(S(=O)(=O)OC(C)(C)C)cc1. The highest BCUT2D eigenvalue weighted by Crippen LogP contribution is 2.20. The van der Waals surface area contributed by atoms with Crippen molar-refractivity contribution in [1.82, 2.24) is 0 Å². The van der Waals surface area contributed by atoms with Crippen LogP contribution in [0, 0.1) is 12.3 Å². The maximum atomic E-state index is 11.7. The first kappa shape index (κ1) is 24.6. The molecule has 150 valence electrons. The molecule has 0 aromatic heterocycles. The summed E-state index contributed by atoms with van der Waals surface area (Å²) in [6.45, 7) is 18.2. The van der Waals surface area contributed by atoms with Crippen LogP contribution in [-0.2, 0) is 23.8 Å². The normalized spacial score (nSPS) is 12.8. The maximum absolute atomic E-state index is 11.7. The molecule has 1 rings (SSSR count). The van der Waals surface area contributed by atoms with E-state index >= 15 is 0 Å². The summed E-state index contributed by atoms with van der Waals surface area (Å²) in [5.74, 6) is -0.148. The Morgan fingerprint density at radius 1 is 0.808 bits per heavy atom. The quantitative estimate of drug-likeness (QED) is 0.535. The van der Waals surface area contributed by atoms with Crippen molar-refractivity contribution in [1.29, 1.82) is 0 Å². The summed E-state index contributed by atoms with van der Waals surface area (Å²) in [7, 11) is -3.63. The molecular formula is C20H34O5S. The third-order valence-corrected chi connectivity index (χ3v) is 4.25. The average molecular weight is 387 g/mol. The number of carbonyl (C=O) groups is 1. The van der Waals surface area contributed by atoms with Gasteiger partial charge in [0.05, 0.1) is 15.9 Å². The molecule has 0 aliphatic rings. The van der Waals surface area contributed by atoms with Gasteiger partial charge >= 0.3 is 5.97 Å². The number of ether oxygens (including phenoxy) is 1. The van der Waals surface area contributed by atoms with E-state index < -0.39 is 21.1 Å². The summed E-state index contributed by atoms with van der Waals surface area (Å²) in [6, 6.07) is 6.60. The largest absolute Gasteiger partial charge is 0.460 e. The molecule has 0 aliphatic heterocycles. The molecule has 0 N–H and O–H groups in total. The van der Waals surface area contributed by atoms with E-state index in [2.05, 4.69) is 0 Å². The van der Waals surface area contributed by atoms with E-state index in [9.17, 15) is 13.2 Å². The minimum atomic E-state index is -3.63. The minimum Gasteiger partial charge on any atom is -0.460 e. The third kappa shape index (κ3) is 10.6. The highest BCUT2D eigenvalue weighted by molar-refractivity contribution is 7.86. The van der Waals surface area contributed by atoms with Gasteiger partial charge < -0.3 is 4.74 Å². The van der Waals surface area contributed by atoms with Gasteiger partial charge in [0.15, 0.2) is 0 Å². The van der Waals surface area contributed by atoms with Crippen LogP contribution in [0.25, 0.3) is 0 Å². The van der Waals surface area contributed by atoms with Crippen LogP contribution in [0.3, 0.4) is 0 Å². The molecule has 0 saturated carbocycles. The van der Waals surface area contributed by atoms with Crippen molar-refractivity contribution >= 4 is 16.1 Å². The van der Waals surface area contributed by atoms with Gasteiger partial charge in [-0.25, -0.2) is 0 Å². The van der Waals surface area contributed by atoms with Crippen LogP contribution in [0.4, 0.5) is 0 Å². The smallest absolute Gasteiger partial charge is 0.311 e. The van der Waals surface area contributed by atoms with Crippen molar-refractivity contribution in [3.63, 3.8) is 0 Å². The van der Waals surface area contributed by atoms with Crippen LogP contribution >= 0.6 is 0 Å². The molecule has 1 aromatic carbocycles. The zero-order chi connectivity index (χ0) is 21.0. The van der Waals surface area contributed by atoms with Gasteiger partial charge in [-0.15, -0.1) is 0 Å².